The van der Waals surface area contributed by atoms with Gasteiger partial charge in [-0.1, -0.05) is 77.6 Å². The molecule has 0 aromatic heterocycles. The van der Waals surface area contributed by atoms with Crippen molar-refractivity contribution in [3.05, 3.63) is 94.3 Å². The van der Waals surface area contributed by atoms with Crippen LogP contribution in [0.1, 0.15) is 71.1 Å². The van der Waals surface area contributed by atoms with Gasteiger partial charge in [-0.3, -0.25) is 9.59 Å². The van der Waals surface area contributed by atoms with Gasteiger partial charge in [0.05, 0.1) is 11.1 Å². The lowest BCUT2D eigenvalue weighted by Crippen LogP contribution is -2.65. The zero-order valence-electron chi connectivity index (χ0n) is 25.6. The van der Waals surface area contributed by atoms with E-state index in [1.54, 1.807) is 13.8 Å². The van der Waals surface area contributed by atoms with Gasteiger partial charge in [0.1, 0.15) is 17.3 Å². The molecule has 1 saturated carbocycles. The Bertz CT molecular complexity index is 1870. The number of benzene rings is 3. The number of Topliss-reactive ketones (excluding diaryl/α,β-unsaturated/α-hetero) is 2. The number of aromatic hydroxyl groups is 1. The second kappa shape index (κ2) is 8.93. The van der Waals surface area contributed by atoms with Gasteiger partial charge >= 0.3 is 0 Å². The summed E-state index contributed by atoms with van der Waals surface area (Å²) in [4.78, 5) is 27.7. The lowest BCUT2D eigenvalue weighted by atomic mass is 9.47. The van der Waals surface area contributed by atoms with Crippen LogP contribution in [0.15, 0.2) is 77.6 Å². The maximum Gasteiger partial charge on any atom is 0.203 e. The first kappa shape index (κ1) is 28.9. The minimum absolute atomic E-state index is 0.0484. The van der Waals surface area contributed by atoms with Crippen LogP contribution < -0.4 is 0 Å². The summed E-state index contributed by atoms with van der Waals surface area (Å²) in [7, 11) is 0. The van der Waals surface area contributed by atoms with Gasteiger partial charge in [0.2, 0.25) is 5.78 Å². The zero-order valence-corrected chi connectivity index (χ0v) is 25.6. The molecule has 0 saturated heterocycles. The smallest absolute Gasteiger partial charge is 0.203 e. The molecule has 3 aromatic carbocycles. The summed E-state index contributed by atoms with van der Waals surface area (Å²) in [5.41, 5.74) is -2.03. The van der Waals surface area contributed by atoms with E-state index in [1.807, 2.05) is 70.2 Å². The van der Waals surface area contributed by atoms with Crippen molar-refractivity contribution < 1.29 is 30.0 Å². The first-order valence-corrected chi connectivity index (χ1v) is 14.7. The number of ketones is 2. The Morgan fingerprint density at radius 2 is 1.58 bits per heavy atom. The van der Waals surface area contributed by atoms with Gasteiger partial charge in [-0.15, -0.1) is 0 Å². The van der Waals surface area contributed by atoms with Crippen LogP contribution in [-0.2, 0) is 21.4 Å². The second-order valence-corrected chi connectivity index (χ2v) is 14.3. The molecule has 0 unspecified atom stereocenters. The van der Waals surface area contributed by atoms with Gasteiger partial charge in [-0.05, 0) is 70.3 Å². The van der Waals surface area contributed by atoms with Gasteiger partial charge in [-0.2, -0.15) is 0 Å². The molecule has 3 aromatic rings. The molecule has 0 amide bonds. The Labute approximate surface area is 251 Å². The molecule has 6 nitrogen and oxygen atoms in total. The van der Waals surface area contributed by atoms with E-state index in [1.165, 1.54) is 0 Å². The molecule has 3 aliphatic carbocycles. The number of allylic oxidation sites excluding steroid dienone is 2. The van der Waals surface area contributed by atoms with Crippen molar-refractivity contribution >= 4 is 28.1 Å². The fourth-order valence-electron chi connectivity index (χ4n) is 7.98. The lowest BCUT2D eigenvalue weighted by molar-refractivity contribution is -0.164. The molecule has 6 heteroatoms. The number of carbonyl (C=O) groups excluding carboxylic acids is 2. The highest BCUT2D eigenvalue weighted by Gasteiger charge is 2.68. The Hall–Kier alpha value is -4.16. The van der Waals surface area contributed by atoms with Crippen molar-refractivity contribution in [2.75, 3.05) is 0 Å². The second-order valence-electron chi connectivity index (χ2n) is 14.3. The van der Waals surface area contributed by atoms with E-state index in [2.05, 4.69) is 12.6 Å². The number of aliphatic hydroxyl groups is 3. The van der Waals surface area contributed by atoms with Crippen molar-refractivity contribution in [2.45, 2.75) is 71.8 Å². The molecule has 6 rings (SSSR count). The third kappa shape index (κ3) is 3.82. The number of hydrogen-bond acceptors (Lipinski definition) is 6. The number of rotatable bonds is 2. The average molecular weight is 579 g/mol. The number of phenols is 1. The fourth-order valence-corrected chi connectivity index (χ4v) is 7.98. The Morgan fingerprint density at radius 1 is 0.930 bits per heavy atom. The summed E-state index contributed by atoms with van der Waals surface area (Å²) in [5.74, 6) is -2.49. The van der Waals surface area contributed by atoms with Crippen LogP contribution in [0.4, 0.5) is 0 Å². The van der Waals surface area contributed by atoms with Crippen LogP contribution in [0, 0.1) is 10.8 Å². The highest BCUT2D eigenvalue weighted by molar-refractivity contribution is 6.15. The highest BCUT2D eigenvalue weighted by Crippen LogP contribution is 2.63. The molecule has 1 fully saturated rings. The van der Waals surface area contributed by atoms with Crippen LogP contribution in [0.2, 0.25) is 0 Å². The first-order chi connectivity index (χ1) is 19.9. The van der Waals surface area contributed by atoms with Crippen LogP contribution in [0.5, 0.6) is 5.75 Å². The molecule has 0 bridgehead atoms. The van der Waals surface area contributed by atoms with E-state index in [0.29, 0.717) is 11.1 Å². The predicted octanol–water partition coefficient (Wildman–Crippen LogP) is 7.41. The SMILES string of the molecule is C=C(C)C1=C(O)[C@]2(O)C(=O)C3=C(O)c4c(O)c(C(C)(C)C)cc(-c5ccc6ccccc6c5)c4C[C@]3(C)C[C@]2(C)CC1=O. The molecule has 4 N–H and O–H groups in total. The Balaban J connectivity index is 1.67. The first-order valence-electron chi connectivity index (χ1n) is 14.7. The van der Waals surface area contributed by atoms with E-state index in [0.717, 1.165) is 21.9 Å². The third-order valence-electron chi connectivity index (χ3n) is 9.97. The quantitative estimate of drug-likeness (QED) is 0.252. The molecular formula is C37H38O6. The van der Waals surface area contributed by atoms with Crippen molar-refractivity contribution in [1.29, 1.82) is 0 Å². The molecule has 222 valence electrons. The molecule has 0 spiro atoms. The molecule has 0 heterocycles. The Morgan fingerprint density at radius 3 is 2.21 bits per heavy atom. The van der Waals surface area contributed by atoms with E-state index in [9.17, 15) is 30.0 Å². The van der Waals surface area contributed by atoms with Crippen LogP contribution in [0.25, 0.3) is 27.7 Å². The standard InChI is InChI=1S/C37H38O6/c1-19(2)27-26(38)17-36(7)18-35(6)16-24-23(22-13-12-20-10-8-9-11-21(20)14-22)15-25(34(3,4)5)30(39)28(24)31(40)29(35)33(42)37(36,43)32(27)41/h8-15,39-41,43H,1,16-18H2,2-7H3/t35-,36+,37+/m1/s1. The maximum atomic E-state index is 14.4. The van der Waals surface area contributed by atoms with Gasteiger partial charge in [0.15, 0.2) is 11.4 Å². The molecule has 43 heavy (non-hydrogen) atoms. The van der Waals surface area contributed by atoms with Crippen LogP contribution in [-0.4, -0.2) is 37.6 Å². The number of carbonyl (C=O) groups is 2. The summed E-state index contributed by atoms with van der Waals surface area (Å²) >= 11 is 0. The summed E-state index contributed by atoms with van der Waals surface area (Å²) in [5, 5.41) is 49.2. The van der Waals surface area contributed by atoms with Crippen molar-refractivity contribution in [3.8, 4) is 16.9 Å². The van der Waals surface area contributed by atoms with E-state index in [4.69, 9.17) is 0 Å². The monoisotopic (exact) mass is 578 g/mol. The predicted molar refractivity (Wildman–Crippen MR) is 168 cm³/mol. The topological polar surface area (TPSA) is 115 Å². The minimum atomic E-state index is -2.44. The summed E-state index contributed by atoms with van der Waals surface area (Å²) in [6.45, 7) is 14.7. The van der Waals surface area contributed by atoms with Gasteiger partial charge in [0, 0.05) is 28.4 Å². The van der Waals surface area contributed by atoms with Gasteiger partial charge in [-0.25, -0.2) is 0 Å². The van der Waals surface area contributed by atoms with Crippen molar-refractivity contribution in [2.24, 2.45) is 10.8 Å². The summed E-state index contributed by atoms with van der Waals surface area (Å²) in [6.07, 6.45) is 0.244. The van der Waals surface area contributed by atoms with Crippen LogP contribution >= 0.6 is 0 Å². The third-order valence-corrected chi connectivity index (χ3v) is 9.97. The average Bonchev–Trinajstić information content (AvgIpc) is 2.89. The van der Waals surface area contributed by atoms with E-state index < -0.39 is 39.1 Å². The minimum Gasteiger partial charge on any atom is -0.508 e. The van der Waals surface area contributed by atoms with Crippen molar-refractivity contribution in [1.82, 2.24) is 0 Å². The highest BCUT2D eigenvalue weighted by atomic mass is 16.3. The molecule has 3 aliphatic rings. The van der Waals surface area contributed by atoms with Gasteiger partial charge in [0.25, 0.3) is 0 Å². The number of hydrogen-bond donors (Lipinski definition) is 4. The summed E-state index contributed by atoms with van der Waals surface area (Å²) < 4.78 is 0. The number of phenolic OH excluding ortho intramolecular Hbond substituents is 1. The van der Waals surface area contributed by atoms with E-state index in [-0.39, 0.29) is 53.1 Å². The summed E-state index contributed by atoms with van der Waals surface area (Å²) in [6, 6.07) is 16.2. The largest absolute Gasteiger partial charge is 0.508 e. The van der Waals surface area contributed by atoms with E-state index >= 15 is 0 Å². The molecular weight excluding hydrogens is 540 g/mol. The fraction of sp³-hybridized carbons (Fsp3) is 0.351. The maximum absolute atomic E-state index is 14.4. The zero-order chi connectivity index (χ0) is 31.4. The normalized spacial score (nSPS) is 27.2. The molecule has 0 radical (unpaired) electrons. The number of fused-ring (bicyclic) bond motifs is 4. The number of aliphatic hydroxyl groups excluding tert-OH is 2. The molecule has 3 atom stereocenters. The van der Waals surface area contributed by atoms with Crippen LogP contribution in [0.3, 0.4) is 0 Å². The van der Waals surface area contributed by atoms with Crippen molar-refractivity contribution in [3.63, 3.8) is 0 Å². The molecule has 0 aliphatic heterocycles. The van der Waals surface area contributed by atoms with Gasteiger partial charge < -0.3 is 20.4 Å². The lowest BCUT2D eigenvalue weighted by Gasteiger charge is -2.56. The Kier molecular flexibility index (Phi) is 6.01.